The van der Waals surface area contributed by atoms with Gasteiger partial charge >= 0.3 is 5.97 Å². The molecule has 1 aliphatic rings. The van der Waals surface area contributed by atoms with Gasteiger partial charge in [0, 0.05) is 23.9 Å². The van der Waals surface area contributed by atoms with Gasteiger partial charge in [-0.25, -0.2) is 4.79 Å². The number of halogens is 2. The van der Waals surface area contributed by atoms with Gasteiger partial charge in [-0.1, -0.05) is 41.9 Å². The van der Waals surface area contributed by atoms with Gasteiger partial charge in [0.05, 0.1) is 33.9 Å². The quantitative estimate of drug-likeness (QED) is 0.290. The number of thiophene rings is 1. The Morgan fingerprint density at radius 2 is 2.06 bits per heavy atom. The molecule has 1 aromatic carbocycles. The third-order valence-electron chi connectivity index (χ3n) is 5.88. The van der Waals surface area contributed by atoms with Crippen molar-refractivity contribution in [1.82, 2.24) is 9.55 Å². The van der Waals surface area contributed by atoms with E-state index < -0.39 is 5.97 Å². The van der Waals surface area contributed by atoms with Crippen molar-refractivity contribution in [2.24, 2.45) is 5.92 Å². The van der Waals surface area contributed by atoms with E-state index in [4.69, 9.17) is 26.1 Å². The van der Waals surface area contributed by atoms with Crippen molar-refractivity contribution in [3.8, 4) is 0 Å². The molecule has 1 unspecified atom stereocenters. The Hall–Kier alpha value is -1.93. The number of carbonyl (C=O) groups is 1. The molecule has 0 bridgehead atoms. The van der Waals surface area contributed by atoms with E-state index in [0.29, 0.717) is 15.8 Å². The van der Waals surface area contributed by atoms with Crippen LogP contribution in [0.1, 0.15) is 34.1 Å². The molecule has 1 aliphatic heterocycles. The van der Waals surface area contributed by atoms with Crippen molar-refractivity contribution in [3.63, 3.8) is 0 Å². The minimum atomic E-state index is -0.426. The SMILES string of the molecule is COC(=O)c1sc2c3ncc(Br)cc3n(C(c3ccccc3)C3CCOCC3)c2c1Cl. The first-order valence-electron chi connectivity index (χ1n) is 10.1. The molecule has 1 atom stereocenters. The number of aromatic nitrogens is 2. The highest BCUT2D eigenvalue weighted by Crippen LogP contribution is 2.46. The van der Waals surface area contributed by atoms with Crippen LogP contribution in [0.3, 0.4) is 0 Å². The zero-order valence-corrected chi connectivity index (χ0v) is 20.0. The van der Waals surface area contributed by atoms with Crippen LogP contribution in [0.25, 0.3) is 21.3 Å². The number of rotatable bonds is 4. The zero-order valence-electron chi connectivity index (χ0n) is 16.8. The monoisotopic (exact) mass is 518 g/mol. The summed E-state index contributed by atoms with van der Waals surface area (Å²) in [4.78, 5) is 17.5. The first-order chi connectivity index (χ1) is 15.1. The van der Waals surface area contributed by atoms with Crippen molar-refractivity contribution in [3.05, 3.63) is 62.5 Å². The fourth-order valence-corrected chi connectivity index (χ4v) is 6.37. The molecule has 3 aromatic heterocycles. The predicted octanol–water partition coefficient (Wildman–Crippen LogP) is 6.47. The van der Waals surface area contributed by atoms with E-state index in [9.17, 15) is 4.79 Å². The van der Waals surface area contributed by atoms with Crippen LogP contribution in [0.4, 0.5) is 0 Å². The first kappa shape index (κ1) is 20.9. The van der Waals surface area contributed by atoms with Crippen LogP contribution >= 0.6 is 38.9 Å². The van der Waals surface area contributed by atoms with Gasteiger partial charge in [-0.2, -0.15) is 0 Å². The second-order valence-electron chi connectivity index (χ2n) is 7.61. The van der Waals surface area contributed by atoms with Crippen molar-refractivity contribution >= 4 is 66.1 Å². The number of pyridine rings is 1. The normalized spacial score (nSPS) is 16.1. The largest absolute Gasteiger partial charge is 0.465 e. The maximum Gasteiger partial charge on any atom is 0.349 e. The molecule has 0 N–H and O–H groups in total. The standard InChI is InChI=1S/C23H20BrClN2O3S/c1-29-23(28)21-17(25)20-22(31-21)18-16(11-15(24)12-26-18)27(20)19(13-5-3-2-4-6-13)14-7-9-30-10-8-14/h2-6,11-12,14,19H,7-10H2,1H3. The summed E-state index contributed by atoms with van der Waals surface area (Å²) in [5, 5.41) is 0.425. The highest BCUT2D eigenvalue weighted by atomic mass is 79.9. The van der Waals surface area contributed by atoms with E-state index in [2.05, 4.69) is 50.8 Å². The molecule has 5 nitrogen and oxygen atoms in total. The average molecular weight is 520 g/mol. The Morgan fingerprint density at radius 1 is 1.32 bits per heavy atom. The van der Waals surface area contributed by atoms with Crippen LogP contribution in [0.15, 0.2) is 47.1 Å². The van der Waals surface area contributed by atoms with Crippen molar-refractivity contribution < 1.29 is 14.3 Å². The van der Waals surface area contributed by atoms with E-state index in [0.717, 1.165) is 51.8 Å². The van der Waals surface area contributed by atoms with Crippen LogP contribution in [0.5, 0.6) is 0 Å². The third kappa shape index (κ3) is 3.57. The molecule has 4 aromatic rings. The van der Waals surface area contributed by atoms with E-state index >= 15 is 0 Å². The molecule has 0 amide bonds. The summed E-state index contributed by atoms with van der Waals surface area (Å²) in [6.07, 6.45) is 3.69. The molecule has 1 saturated heterocycles. The summed E-state index contributed by atoms with van der Waals surface area (Å²) in [6.45, 7) is 1.48. The number of hydrogen-bond donors (Lipinski definition) is 0. The second kappa shape index (κ2) is 8.54. The summed E-state index contributed by atoms with van der Waals surface area (Å²) in [7, 11) is 1.37. The highest BCUT2D eigenvalue weighted by Gasteiger charge is 2.33. The number of esters is 1. The predicted molar refractivity (Wildman–Crippen MR) is 127 cm³/mol. The average Bonchev–Trinajstić information content (AvgIpc) is 3.29. The fraction of sp³-hybridized carbons (Fsp3) is 0.304. The maximum atomic E-state index is 12.4. The molecule has 1 fully saturated rings. The maximum absolute atomic E-state index is 12.4. The van der Waals surface area contributed by atoms with Crippen LogP contribution in [0.2, 0.25) is 5.02 Å². The Kier molecular flexibility index (Phi) is 5.77. The molecule has 8 heteroatoms. The second-order valence-corrected chi connectivity index (χ2v) is 9.93. The number of benzene rings is 1. The summed E-state index contributed by atoms with van der Waals surface area (Å²) < 4.78 is 14.7. The summed E-state index contributed by atoms with van der Waals surface area (Å²) in [5.41, 5.74) is 3.88. The third-order valence-corrected chi connectivity index (χ3v) is 7.96. The van der Waals surface area contributed by atoms with Gasteiger partial charge in [-0.15, -0.1) is 11.3 Å². The van der Waals surface area contributed by atoms with E-state index in [1.54, 1.807) is 6.20 Å². The van der Waals surface area contributed by atoms with Crippen LogP contribution < -0.4 is 0 Å². The Labute approximate surface area is 197 Å². The van der Waals surface area contributed by atoms with E-state index in [1.165, 1.54) is 24.0 Å². The molecule has 0 radical (unpaired) electrons. The molecule has 4 heterocycles. The molecular formula is C23H20BrClN2O3S. The number of nitrogens with zero attached hydrogens (tertiary/aromatic N) is 2. The Bertz CT molecular complexity index is 1260. The number of fused-ring (bicyclic) bond motifs is 3. The van der Waals surface area contributed by atoms with Crippen LogP contribution in [-0.2, 0) is 9.47 Å². The first-order valence-corrected chi connectivity index (χ1v) is 12.1. The van der Waals surface area contributed by atoms with Gasteiger partial charge in [0.25, 0.3) is 0 Å². The van der Waals surface area contributed by atoms with E-state index in [-0.39, 0.29) is 6.04 Å². The number of methoxy groups -OCH3 is 1. The Balaban J connectivity index is 1.85. The van der Waals surface area contributed by atoms with Gasteiger partial charge in [0.2, 0.25) is 0 Å². The lowest BCUT2D eigenvalue weighted by molar-refractivity contribution is 0.0553. The lowest BCUT2D eigenvalue weighted by Gasteiger charge is -2.33. The van der Waals surface area contributed by atoms with Crippen molar-refractivity contribution in [2.45, 2.75) is 18.9 Å². The minimum absolute atomic E-state index is 0.0406. The molecule has 160 valence electrons. The molecule has 0 saturated carbocycles. The van der Waals surface area contributed by atoms with Crippen LogP contribution in [-0.4, -0.2) is 35.8 Å². The molecule has 5 rings (SSSR count). The van der Waals surface area contributed by atoms with Crippen molar-refractivity contribution in [1.29, 1.82) is 0 Å². The number of ether oxygens (including phenoxy) is 2. The fourth-order valence-electron chi connectivity index (χ4n) is 4.51. The molecule has 31 heavy (non-hydrogen) atoms. The van der Waals surface area contributed by atoms with Gasteiger partial charge in [0.1, 0.15) is 10.4 Å². The topological polar surface area (TPSA) is 53.3 Å². The molecule has 0 spiro atoms. The lowest BCUT2D eigenvalue weighted by atomic mass is 9.86. The van der Waals surface area contributed by atoms with Crippen molar-refractivity contribution in [2.75, 3.05) is 20.3 Å². The zero-order chi connectivity index (χ0) is 21.5. The number of hydrogen-bond acceptors (Lipinski definition) is 5. The van der Waals surface area contributed by atoms with Gasteiger partial charge < -0.3 is 14.0 Å². The molecular weight excluding hydrogens is 500 g/mol. The molecule has 0 aliphatic carbocycles. The van der Waals surface area contributed by atoms with Gasteiger partial charge in [0.15, 0.2) is 0 Å². The van der Waals surface area contributed by atoms with Gasteiger partial charge in [-0.3, -0.25) is 4.98 Å². The van der Waals surface area contributed by atoms with E-state index in [1.807, 2.05) is 6.07 Å². The highest BCUT2D eigenvalue weighted by molar-refractivity contribution is 9.10. The summed E-state index contributed by atoms with van der Waals surface area (Å²) >= 11 is 11.8. The number of carbonyl (C=O) groups excluding carboxylic acids is 1. The lowest BCUT2D eigenvalue weighted by Crippen LogP contribution is -2.26. The summed E-state index contributed by atoms with van der Waals surface area (Å²) in [5.74, 6) is -0.0585. The minimum Gasteiger partial charge on any atom is -0.465 e. The Morgan fingerprint density at radius 3 is 2.77 bits per heavy atom. The van der Waals surface area contributed by atoms with Gasteiger partial charge in [-0.05, 0) is 46.3 Å². The summed E-state index contributed by atoms with van der Waals surface area (Å²) in [6, 6.07) is 12.6. The van der Waals surface area contributed by atoms with Crippen LogP contribution in [0, 0.1) is 5.92 Å². The smallest absolute Gasteiger partial charge is 0.349 e.